The van der Waals surface area contributed by atoms with Crippen LogP contribution in [-0.2, 0) is 0 Å². The number of nitrogens with zero attached hydrogens (tertiary/aromatic N) is 2. The zero-order chi connectivity index (χ0) is 17.6. The van der Waals surface area contributed by atoms with Gasteiger partial charge in [0.05, 0.1) is 22.7 Å². The van der Waals surface area contributed by atoms with E-state index in [2.05, 4.69) is 15.5 Å². The highest BCUT2D eigenvalue weighted by Gasteiger charge is 2.29. The Bertz CT molecular complexity index is 962. The lowest BCUT2D eigenvalue weighted by atomic mass is 10.1. The normalized spacial score (nSPS) is 15.3. The average molecular weight is 356 g/mol. The van der Waals surface area contributed by atoms with Gasteiger partial charge in [-0.3, -0.25) is 4.79 Å². The Morgan fingerprint density at radius 2 is 2.12 bits per heavy atom. The van der Waals surface area contributed by atoms with Gasteiger partial charge in [-0.15, -0.1) is 0 Å². The standard InChI is InChI=1S/C19H18ClN3O2/c1-10(13-5-3-4-6-15(13)20)21-18(24)14-9-16(12-7-8-12)22-19-17(14)11(2)23-25-19/h3-6,9-10,12H,7-8H2,1-2H3,(H,21,24)/t10-/m0/s1. The van der Waals surface area contributed by atoms with Crippen molar-refractivity contribution in [3.63, 3.8) is 0 Å². The summed E-state index contributed by atoms with van der Waals surface area (Å²) < 4.78 is 5.30. The first-order valence-corrected chi connectivity index (χ1v) is 8.74. The number of benzene rings is 1. The third-order valence-corrected chi connectivity index (χ3v) is 4.94. The van der Waals surface area contributed by atoms with E-state index in [-0.39, 0.29) is 11.9 Å². The van der Waals surface area contributed by atoms with Crippen molar-refractivity contribution in [1.82, 2.24) is 15.5 Å². The van der Waals surface area contributed by atoms with Crippen LogP contribution >= 0.6 is 11.6 Å². The van der Waals surface area contributed by atoms with Gasteiger partial charge < -0.3 is 9.84 Å². The maximum absolute atomic E-state index is 12.9. The van der Waals surface area contributed by atoms with E-state index < -0.39 is 0 Å². The van der Waals surface area contributed by atoms with Crippen molar-refractivity contribution in [3.8, 4) is 0 Å². The number of halogens is 1. The molecule has 1 aromatic carbocycles. The number of hydrogen-bond acceptors (Lipinski definition) is 4. The molecule has 3 aromatic rings. The van der Waals surface area contributed by atoms with E-state index in [1.54, 1.807) is 0 Å². The first-order valence-electron chi connectivity index (χ1n) is 8.37. The number of pyridine rings is 1. The molecule has 25 heavy (non-hydrogen) atoms. The van der Waals surface area contributed by atoms with Gasteiger partial charge in [0.1, 0.15) is 0 Å². The summed E-state index contributed by atoms with van der Waals surface area (Å²) in [5, 5.41) is 8.31. The molecule has 0 unspecified atom stereocenters. The summed E-state index contributed by atoms with van der Waals surface area (Å²) in [5.74, 6) is 0.246. The second kappa shape index (κ2) is 6.15. The van der Waals surface area contributed by atoms with Crippen molar-refractivity contribution >= 4 is 28.6 Å². The summed E-state index contributed by atoms with van der Waals surface area (Å²) in [7, 11) is 0. The van der Waals surface area contributed by atoms with E-state index in [9.17, 15) is 4.79 Å². The number of nitrogens with one attached hydrogen (secondary N) is 1. The lowest BCUT2D eigenvalue weighted by Gasteiger charge is -2.16. The minimum absolute atomic E-state index is 0.173. The number of carbonyl (C=O) groups excluding carboxylic acids is 1. The van der Waals surface area contributed by atoms with Crippen LogP contribution in [0, 0.1) is 6.92 Å². The zero-order valence-corrected chi connectivity index (χ0v) is 14.8. The van der Waals surface area contributed by atoms with Crippen molar-refractivity contribution in [2.24, 2.45) is 0 Å². The first kappa shape index (κ1) is 16.1. The van der Waals surface area contributed by atoms with Gasteiger partial charge in [-0.25, -0.2) is 4.98 Å². The van der Waals surface area contributed by atoms with Crippen LogP contribution in [0.3, 0.4) is 0 Å². The molecule has 1 amide bonds. The number of rotatable bonds is 4. The fraction of sp³-hybridized carbons (Fsp3) is 0.316. The summed E-state index contributed by atoms with van der Waals surface area (Å²) in [6, 6.07) is 9.17. The smallest absolute Gasteiger partial charge is 0.259 e. The number of aromatic nitrogens is 2. The Hall–Kier alpha value is -2.40. The van der Waals surface area contributed by atoms with E-state index in [1.807, 2.05) is 44.2 Å². The molecule has 1 aliphatic carbocycles. The van der Waals surface area contributed by atoms with Crippen LogP contribution in [0.4, 0.5) is 0 Å². The van der Waals surface area contributed by atoms with E-state index in [0.29, 0.717) is 33.3 Å². The monoisotopic (exact) mass is 355 g/mol. The topological polar surface area (TPSA) is 68.0 Å². The number of hydrogen-bond donors (Lipinski definition) is 1. The summed E-state index contributed by atoms with van der Waals surface area (Å²) >= 11 is 6.24. The van der Waals surface area contributed by atoms with Gasteiger partial charge in [0.25, 0.3) is 11.6 Å². The maximum atomic E-state index is 12.9. The molecule has 1 fully saturated rings. The molecule has 1 saturated carbocycles. The number of fused-ring (bicyclic) bond motifs is 1. The van der Waals surface area contributed by atoms with E-state index in [4.69, 9.17) is 16.1 Å². The number of amides is 1. The van der Waals surface area contributed by atoms with Gasteiger partial charge >= 0.3 is 0 Å². The highest BCUT2D eigenvalue weighted by molar-refractivity contribution is 6.31. The second-order valence-electron chi connectivity index (χ2n) is 6.53. The molecule has 0 aliphatic heterocycles. The molecule has 0 saturated heterocycles. The van der Waals surface area contributed by atoms with Gasteiger partial charge in [0, 0.05) is 16.6 Å². The number of carbonyl (C=O) groups is 1. The zero-order valence-electron chi connectivity index (χ0n) is 14.0. The molecule has 6 heteroatoms. The molecule has 0 bridgehead atoms. The molecule has 4 rings (SSSR count). The molecule has 128 valence electrons. The van der Waals surface area contributed by atoms with Crippen LogP contribution in [0.25, 0.3) is 11.1 Å². The number of aryl methyl sites for hydroxylation is 1. The average Bonchev–Trinajstić information content (AvgIpc) is 3.38. The summed E-state index contributed by atoms with van der Waals surface area (Å²) in [6.07, 6.45) is 2.20. The molecule has 1 atom stereocenters. The van der Waals surface area contributed by atoms with Crippen LogP contribution in [0.15, 0.2) is 34.9 Å². The molecule has 2 heterocycles. The molecule has 0 spiro atoms. The van der Waals surface area contributed by atoms with Crippen molar-refractivity contribution in [2.45, 2.75) is 38.6 Å². The lowest BCUT2D eigenvalue weighted by molar-refractivity contribution is 0.0941. The van der Waals surface area contributed by atoms with Crippen molar-refractivity contribution in [1.29, 1.82) is 0 Å². The largest absolute Gasteiger partial charge is 0.345 e. The molecular formula is C19H18ClN3O2. The first-order chi connectivity index (χ1) is 12.0. The minimum Gasteiger partial charge on any atom is -0.345 e. The summed E-state index contributed by atoms with van der Waals surface area (Å²) in [4.78, 5) is 17.5. The summed E-state index contributed by atoms with van der Waals surface area (Å²) in [5.41, 5.74) is 3.44. The van der Waals surface area contributed by atoms with Crippen LogP contribution in [0.5, 0.6) is 0 Å². The highest BCUT2D eigenvalue weighted by atomic mass is 35.5. The molecule has 2 aromatic heterocycles. The van der Waals surface area contributed by atoms with E-state index in [0.717, 1.165) is 24.1 Å². The summed E-state index contributed by atoms with van der Waals surface area (Å²) in [6.45, 7) is 3.73. The van der Waals surface area contributed by atoms with Crippen LogP contribution in [0.2, 0.25) is 5.02 Å². The molecule has 0 radical (unpaired) electrons. The quantitative estimate of drug-likeness (QED) is 0.745. The Morgan fingerprint density at radius 1 is 1.36 bits per heavy atom. The molecule has 1 N–H and O–H groups in total. The third-order valence-electron chi connectivity index (χ3n) is 4.60. The molecular weight excluding hydrogens is 338 g/mol. The molecule has 1 aliphatic rings. The Labute approximate surface area is 150 Å². The second-order valence-corrected chi connectivity index (χ2v) is 6.94. The van der Waals surface area contributed by atoms with Crippen molar-refractivity contribution < 1.29 is 9.32 Å². The van der Waals surface area contributed by atoms with Crippen molar-refractivity contribution in [2.75, 3.05) is 0 Å². The van der Waals surface area contributed by atoms with Gasteiger partial charge in [-0.05, 0) is 44.4 Å². The highest BCUT2D eigenvalue weighted by Crippen LogP contribution is 2.40. The third kappa shape index (κ3) is 3.00. The SMILES string of the molecule is Cc1noc2nc(C3CC3)cc(C(=O)N[C@@H](C)c3ccccc3Cl)c12. The van der Waals surface area contributed by atoms with Gasteiger partial charge in [-0.2, -0.15) is 0 Å². The predicted octanol–water partition coefficient (Wildman–Crippen LogP) is 4.55. The van der Waals surface area contributed by atoms with Gasteiger partial charge in [0.15, 0.2) is 0 Å². The fourth-order valence-electron chi connectivity index (χ4n) is 3.06. The maximum Gasteiger partial charge on any atom is 0.259 e. The predicted molar refractivity (Wildman–Crippen MR) is 95.8 cm³/mol. The van der Waals surface area contributed by atoms with E-state index >= 15 is 0 Å². The van der Waals surface area contributed by atoms with Crippen LogP contribution < -0.4 is 5.32 Å². The lowest BCUT2D eigenvalue weighted by Crippen LogP contribution is -2.27. The molecule has 5 nitrogen and oxygen atoms in total. The van der Waals surface area contributed by atoms with Gasteiger partial charge in [0.2, 0.25) is 0 Å². The van der Waals surface area contributed by atoms with Crippen LogP contribution in [-0.4, -0.2) is 16.0 Å². The van der Waals surface area contributed by atoms with Crippen LogP contribution in [0.1, 0.15) is 59.0 Å². The Balaban J connectivity index is 1.69. The van der Waals surface area contributed by atoms with Gasteiger partial charge in [-0.1, -0.05) is 35.0 Å². The van der Waals surface area contributed by atoms with E-state index in [1.165, 1.54) is 0 Å². The minimum atomic E-state index is -0.214. The Morgan fingerprint density at radius 3 is 2.84 bits per heavy atom. The Kier molecular flexibility index (Phi) is 3.96. The fourth-order valence-corrected chi connectivity index (χ4v) is 3.36. The van der Waals surface area contributed by atoms with Crippen molar-refractivity contribution in [3.05, 3.63) is 57.9 Å².